The Labute approximate surface area is 130 Å². The number of rotatable bonds is 2. The van der Waals surface area contributed by atoms with Gasteiger partial charge in [-0.25, -0.2) is 9.97 Å². The van der Waals surface area contributed by atoms with Gasteiger partial charge < -0.3 is 9.80 Å². The summed E-state index contributed by atoms with van der Waals surface area (Å²) in [5.41, 5.74) is 3.03. The summed E-state index contributed by atoms with van der Waals surface area (Å²) in [7, 11) is 0. The van der Waals surface area contributed by atoms with Crippen molar-refractivity contribution in [3.05, 3.63) is 54.6 Å². The van der Waals surface area contributed by atoms with Gasteiger partial charge in [-0.15, -0.1) is 0 Å². The van der Waals surface area contributed by atoms with E-state index in [1.807, 2.05) is 30.3 Å². The number of nitrogens with zero attached hydrogens (tertiary/aromatic N) is 4. The van der Waals surface area contributed by atoms with Crippen molar-refractivity contribution in [1.82, 2.24) is 9.97 Å². The van der Waals surface area contributed by atoms with Gasteiger partial charge in [0, 0.05) is 11.7 Å². The predicted octanol–water partition coefficient (Wildman–Crippen LogP) is 3.95. The Bertz CT molecular complexity index is 814. The maximum atomic E-state index is 4.87. The van der Waals surface area contributed by atoms with Crippen LogP contribution >= 0.6 is 0 Å². The van der Waals surface area contributed by atoms with Gasteiger partial charge in [-0.05, 0) is 38.1 Å². The molecule has 0 radical (unpaired) electrons. The Morgan fingerprint density at radius 1 is 0.818 bits per heavy atom. The fraction of sp³-hybridized carbons (Fsp3) is 0.222. The van der Waals surface area contributed by atoms with Gasteiger partial charge >= 0.3 is 0 Å². The third kappa shape index (κ3) is 1.99. The van der Waals surface area contributed by atoms with E-state index >= 15 is 0 Å². The SMILES string of the molecule is CC(C)N1CN(c2ccccc2)c2nc3ccccc3nc21. The lowest BCUT2D eigenvalue weighted by atomic mass is 10.3. The number of anilines is 3. The Hall–Kier alpha value is -2.62. The van der Waals surface area contributed by atoms with E-state index in [2.05, 4.69) is 47.9 Å². The zero-order chi connectivity index (χ0) is 15.1. The molecule has 4 nitrogen and oxygen atoms in total. The standard InChI is InChI=1S/C18H18N4/c1-13(2)21-12-22(14-8-4-3-5-9-14)18-17(21)19-15-10-6-7-11-16(15)20-18/h3-11,13H,12H2,1-2H3. The lowest BCUT2D eigenvalue weighted by Gasteiger charge is -2.23. The van der Waals surface area contributed by atoms with Crippen LogP contribution in [0.2, 0.25) is 0 Å². The molecule has 1 aromatic heterocycles. The van der Waals surface area contributed by atoms with Crippen molar-refractivity contribution in [3.8, 4) is 0 Å². The van der Waals surface area contributed by atoms with E-state index in [1.54, 1.807) is 0 Å². The number of aromatic nitrogens is 2. The summed E-state index contributed by atoms with van der Waals surface area (Å²) >= 11 is 0. The third-order valence-electron chi connectivity index (χ3n) is 4.05. The molecule has 2 aromatic carbocycles. The first-order chi connectivity index (χ1) is 10.7. The molecule has 1 aliphatic rings. The summed E-state index contributed by atoms with van der Waals surface area (Å²) in [5, 5.41) is 0. The van der Waals surface area contributed by atoms with Crippen LogP contribution in [0.15, 0.2) is 54.6 Å². The summed E-state index contributed by atoms with van der Waals surface area (Å²) in [6.07, 6.45) is 0. The Morgan fingerprint density at radius 2 is 1.41 bits per heavy atom. The van der Waals surface area contributed by atoms with Gasteiger partial charge in [0.1, 0.15) is 0 Å². The molecule has 1 aliphatic heterocycles. The van der Waals surface area contributed by atoms with Crippen LogP contribution in [-0.2, 0) is 0 Å². The molecule has 4 rings (SSSR count). The minimum absolute atomic E-state index is 0.378. The van der Waals surface area contributed by atoms with Gasteiger partial charge in [-0.3, -0.25) is 0 Å². The maximum Gasteiger partial charge on any atom is 0.178 e. The maximum absolute atomic E-state index is 4.87. The average Bonchev–Trinajstić information content (AvgIpc) is 2.92. The minimum Gasteiger partial charge on any atom is -0.333 e. The summed E-state index contributed by atoms with van der Waals surface area (Å²) in [6.45, 7) is 5.16. The van der Waals surface area contributed by atoms with Crippen LogP contribution in [-0.4, -0.2) is 22.7 Å². The lowest BCUT2D eigenvalue weighted by molar-refractivity contribution is 0.703. The van der Waals surface area contributed by atoms with Gasteiger partial charge in [0.05, 0.1) is 17.7 Å². The molecule has 2 heterocycles. The molecule has 0 fully saturated rings. The number of benzene rings is 2. The van der Waals surface area contributed by atoms with Crippen LogP contribution in [0.25, 0.3) is 11.0 Å². The van der Waals surface area contributed by atoms with Crippen molar-refractivity contribution in [3.63, 3.8) is 0 Å². The van der Waals surface area contributed by atoms with Crippen LogP contribution in [0.3, 0.4) is 0 Å². The van der Waals surface area contributed by atoms with Crippen LogP contribution in [0, 0.1) is 0 Å². The van der Waals surface area contributed by atoms with Crippen molar-refractivity contribution in [1.29, 1.82) is 0 Å². The van der Waals surface area contributed by atoms with E-state index in [9.17, 15) is 0 Å². The van der Waals surface area contributed by atoms with Crippen LogP contribution in [0.4, 0.5) is 17.3 Å². The number of fused-ring (bicyclic) bond motifs is 2. The second-order valence-corrected chi connectivity index (χ2v) is 5.83. The van der Waals surface area contributed by atoms with Crippen LogP contribution in [0.1, 0.15) is 13.8 Å². The van der Waals surface area contributed by atoms with Gasteiger partial charge in [-0.1, -0.05) is 30.3 Å². The Balaban J connectivity index is 1.91. The highest BCUT2D eigenvalue weighted by Gasteiger charge is 2.31. The molecule has 3 aromatic rings. The van der Waals surface area contributed by atoms with E-state index in [0.29, 0.717) is 6.04 Å². The molecule has 0 spiro atoms. The van der Waals surface area contributed by atoms with E-state index in [4.69, 9.17) is 9.97 Å². The Morgan fingerprint density at radius 3 is 2.05 bits per heavy atom. The first-order valence-electron chi connectivity index (χ1n) is 7.60. The van der Waals surface area contributed by atoms with E-state index in [-0.39, 0.29) is 0 Å². The van der Waals surface area contributed by atoms with Gasteiger partial charge in [-0.2, -0.15) is 0 Å². The smallest absolute Gasteiger partial charge is 0.178 e. The van der Waals surface area contributed by atoms with Crippen molar-refractivity contribution in [2.45, 2.75) is 19.9 Å². The molecule has 0 atom stereocenters. The highest BCUT2D eigenvalue weighted by molar-refractivity contribution is 5.85. The van der Waals surface area contributed by atoms with Gasteiger partial charge in [0.25, 0.3) is 0 Å². The molecule has 0 bridgehead atoms. The fourth-order valence-electron chi connectivity index (χ4n) is 2.86. The zero-order valence-electron chi connectivity index (χ0n) is 12.8. The Kier molecular flexibility index (Phi) is 2.96. The lowest BCUT2D eigenvalue weighted by Crippen LogP contribution is -2.33. The van der Waals surface area contributed by atoms with Crippen molar-refractivity contribution < 1.29 is 0 Å². The molecule has 110 valence electrons. The van der Waals surface area contributed by atoms with Crippen molar-refractivity contribution >= 4 is 28.4 Å². The number of hydrogen-bond donors (Lipinski definition) is 0. The predicted molar refractivity (Wildman–Crippen MR) is 90.6 cm³/mol. The fourth-order valence-corrected chi connectivity index (χ4v) is 2.86. The molecule has 0 aliphatic carbocycles. The highest BCUT2D eigenvalue weighted by Crippen LogP contribution is 2.39. The van der Waals surface area contributed by atoms with E-state index in [1.165, 1.54) is 0 Å². The second kappa shape index (κ2) is 4.98. The van der Waals surface area contributed by atoms with Crippen LogP contribution in [0.5, 0.6) is 0 Å². The topological polar surface area (TPSA) is 32.3 Å². The largest absolute Gasteiger partial charge is 0.333 e. The molecule has 0 amide bonds. The summed E-state index contributed by atoms with van der Waals surface area (Å²) in [6, 6.07) is 18.8. The normalized spacial score (nSPS) is 14.0. The molecule has 0 saturated carbocycles. The average molecular weight is 290 g/mol. The highest BCUT2D eigenvalue weighted by atomic mass is 15.4. The first-order valence-corrected chi connectivity index (χ1v) is 7.60. The first kappa shape index (κ1) is 13.1. The third-order valence-corrected chi connectivity index (χ3v) is 4.05. The van der Waals surface area contributed by atoms with Crippen molar-refractivity contribution in [2.75, 3.05) is 16.5 Å². The van der Waals surface area contributed by atoms with E-state index < -0.39 is 0 Å². The molecule has 0 saturated heterocycles. The van der Waals surface area contributed by atoms with E-state index in [0.717, 1.165) is 35.0 Å². The molecule has 0 unspecified atom stereocenters. The number of hydrogen-bond acceptors (Lipinski definition) is 4. The summed E-state index contributed by atoms with van der Waals surface area (Å²) in [4.78, 5) is 14.2. The van der Waals surface area contributed by atoms with Crippen LogP contribution < -0.4 is 9.80 Å². The van der Waals surface area contributed by atoms with Gasteiger partial charge in [0.15, 0.2) is 11.6 Å². The molecule has 0 N–H and O–H groups in total. The molecule has 22 heavy (non-hydrogen) atoms. The monoisotopic (exact) mass is 290 g/mol. The molecular formula is C18H18N4. The zero-order valence-corrected chi connectivity index (χ0v) is 12.8. The quantitative estimate of drug-likeness (QED) is 0.715. The van der Waals surface area contributed by atoms with Crippen molar-refractivity contribution in [2.24, 2.45) is 0 Å². The minimum atomic E-state index is 0.378. The summed E-state index contributed by atoms with van der Waals surface area (Å²) in [5.74, 6) is 1.91. The summed E-state index contributed by atoms with van der Waals surface area (Å²) < 4.78 is 0. The molecular weight excluding hydrogens is 272 g/mol. The van der Waals surface area contributed by atoms with Gasteiger partial charge in [0.2, 0.25) is 0 Å². The second-order valence-electron chi connectivity index (χ2n) is 5.83. The molecule has 4 heteroatoms. The number of para-hydroxylation sites is 3.